The lowest BCUT2D eigenvalue weighted by Gasteiger charge is -2.42. The minimum atomic E-state index is -1.46. The van der Waals surface area contributed by atoms with Gasteiger partial charge in [0.15, 0.2) is 0 Å². The molecule has 0 aromatic carbocycles. The van der Waals surface area contributed by atoms with Gasteiger partial charge in [-0.25, -0.2) is 4.39 Å². The summed E-state index contributed by atoms with van der Waals surface area (Å²) in [4.78, 5) is 0. The third kappa shape index (κ3) is 7.04. The fourth-order valence-electron chi connectivity index (χ4n) is 2.64. The predicted molar refractivity (Wildman–Crippen MR) is 89.4 cm³/mol. The van der Waals surface area contributed by atoms with Crippen molar-refractivity contribution in [3.8, 4) is 0 Å². The van der Waals surface area contributed by atoms with Crippen molar-refractivity contribution in [1.29, 1.82) is 0 Å². The van der Waals surface area contributed by atoms with Crippen molar-refractivity contribution in [1.82, 2.24) is 0 Å². The summed E-state index contributed by atoms with van der Waals surface area (Å²) in [6, 6.07) is 0. The molecule has 1 saturated heterocycles. The van der Waals surface area contributed by atoms with Crippen LogP contribution in [0.25, 0.3) is 0 Å². The number of unbranched alkanes of at least 4 members (excludes halogenated alkanes) is 3. The molecule has 23 heavy (non-hydrogen) atoms. The van der Waals surface area contributed by atoms with Crippen molar-refractivity contribution in [2.45, 2.75) is 97.0 Å². The van der Waals surface area contributed by atoms with Crippen molar-refractivity contribution in [2.75, 3.05) is 19.8 Å². The molecule has 0 aromatic rings. The average Bonchev–Trinajstić information content (AvgIpc) is 2.53. The number of hydrogen-bond donors (Lipinski definition) is 0. The molecule has 1 fully saturated rings. The fraction of sp³-hybridized carbons (Fsp3) is 1.00. The van der Waals surface area contributed by atoms with Crippen molar-refractivity contribution in [3.63, 3.8) is 0 Å². The Labute approximate surface area is 141 Å². The Balaban J connectivity index is 2.71. The van der Waals surface area contributed by atoms with Crippen molar-refractivity contribution in [3.05, 3.63) is 0 Å². The van der Waals surface area contributed by atoms with E-state index in [-0.39, 0.29) is 12.2 Å². The summed E-state index contributed by atoms with van der Waals surface area (Å²) in [6.07, 6.45) is 2.76. The molecule has 0 amide bonds. The molecule has 0 saturated carbocycles. The quantitative estimate of drug-likeness (QED) is 0.500. The Morgan fingerprint density at radius 2 is 1.17 bits per heavy atom. The normalized spacial score (nSPS) is 31.4. The van der Waals surface area contributed by atoms with Gasteiger partial charge >= 0.3 is 0 Å². The van der Waals surface area contributed by atoms with Crippen LogP contribution in [-0.4, -0.2) is 50.6 Å². The van der Waals surface area contributed by atoms with Crippen LogP contribution in [0.1, 0.15) is 66.2 Å². The molecule has 4 nitrogen and oxygen atoms in total. The number of hydrogen-bond acceptors (Lipinski definition) is 4. The van der Waals surface area contributed by atoms with Crippen molar-refractivity contribution < 1.29 is 23.3 Å². The highest BCUT2D eigenvalue weighted by Crippen LogP contribution is 2.29. The third-order valence-corrected chi connectivity index (χ3v) is 4.14. The van der Waals surface area contributed by atoms with Crippen LogP contribution in [0.3, 0.4) is 0 Å². The first kappa shape index (κ1) is 20.8. The van der Waals surface area contributed by atoms with Gasteiger partial charge in [-0.05, 0) is 26.2 Å². The second kappa shape index (κ2) is 12.2. The van der Waals surface area contributed by atoms with E-state index in [0.29, 0.717) is 19.8 Å². The Morgan fingerprint density at radius 3 is 1.65 bits per heavy atom. The van der Waals surface area contributed by atoms with Gasteiger partial charge < -0.3 is 18.9 Å². The zero-order chi connectivity index (χ0) is 17.1. The topological polar surface area (TPSA) is 36.9 Å². The third-order valence-electron chi connectivity index (χ3n) is 4.14. The first-order valence-electron chi connectivity index (χ1n) is 9.29. The van der Waals surface area contributed by atoms with Crippen LogP contribution in [0.2, 0.25) is 0 Å². The van der Waals surface area contributed by atoms with E-state index in [0.717, 1.165) is 38.5 Å². The second-order valence-corrected chi connectivity index (χ2v) is 6.26. The van der Waals surface area contributed by atoms with E-state index < -0.39 is 18.6 Å². The van der Waals surface area contributed by atoms with Gasteiger partial charge in [-0.2, -0.15) is 0 Å². The largest absolute Gasteiger partial charge is 0.373 e. The number of rotatable bonds is 12. The standard InChI is InChI=1S/C18H35FO4/c1-5-8-11-20-15-14(4)23-18(19)17(22-13-10-7-3)16(15)21-12-9-6-2/h14-18H,5-13H2,1-4H3/t14?,15-,16-,17?,18?/m0/s1. The lowest BCUT2D eigenvalue weighted by molar-refractivity contribution is -0.283. The summed E-state index contributed by atoms with van der Waals surface area (Å²) in [5.41, 5.74) is 0. The molecule has 0 radical (unpaired) electrons. The molecule has 0 aliphatic carbocycles. The van der Waals surface area contributed by atoms with E-state index in [2.05, 4.69) is 20.8 Å². The van der Waals surface area contributed by atoms with Gasteiger partial charge in [0.25, 0.3) is 0 Å². The fourth-order valence-corrected chi connectivity index (χ4v) is 2.64. The van der Waals surface area contributed by atoms with Crippen LogP contribution >= 0.6 is 0 Å². The lowest BCUT2D eigenvalue weighted by atomic mass is 9.99. The Bertz CT molecular complexity index is 268. The highest BCUT2D eigenvalue weighted by atomic mass is 19.1. The molecule has 138 valence electrons. The molecule has 1 rings (SSSR count). The van der Waals surface area contributed by atoms with Gasteiger partial charge in [0.05, 0.1) is 6.10 Å². The van der Waals surface area contributed by atoms with E-state index in [1.807, 2.05) is 6.92 Å². The summed E-state index contributed by atoms with van der Waals surface area (Å²) < 4.78 is 37.5. The first-order valence-corrected chi connectivity index (χ1v) is 9.29. The van der Waals surface area contributed by atoms with Gasteiger partial charge in [-0.3, -0.25) is 0 Å². The van der Waals surface area contributed by atoms with E-state index in [9.17, 15) is 4.39 Å². The minimum Gasteiger partial charge on any atom is -0.373 e. The smallest absolute Gasteiger partial charge is 0.228 e. The zero-order valence-corrected chi connectivity index (χ0v) is 15.3. The average molecular weight is 334 g/mol. The van der Waals surface area contributed by atoms with Crippen LogP contribution in [-0.2, 0) is 18.9 Å². The number of ether oxygens (including phenoxy) is 4. The number of halogens is 1. The summed E-state index contributed by atoms with van der Waals surface area (Å²) in [7, 11) is 0. The van der Waals surface area contributed by atoms with E-state index >= 15 is 0 Å². The molecular formula is C18H35FO4. The molecule has 5 atom stereocenters. The van der Waals surface area contributed by atoms with Gasteiger partial charge in [0.1, 0.15) is 18.3 Å². The van der Waals surface area contributed by atoms with Crippen LogP contribution in [0.4, 0.5) is 4.39 Å². The molecule has 0 bridgehead atoms. The zero-order valence-electron chi connectivity index (χ0n) is 15.3. The van der Waals surface area contributed by atoms with Crippen LogP contribution in [0.5, 0.6) is 0 Å². The van der Waals surface area contributed by atoms with Gasteiger partial charge in [0.2, 0.25) is 6.36 Å². The van der Waals surface area contributed by atoms with Gasteiger partial charge in [-0.1, -0.05) is 40.0 Å². The Kier molecular flexibility index (Phi) is 11.0. The van der Waals surface area contributed by atoms with Gasteiger partial charge in [0, 0.05) is 19.8 Å². The van der Waals surface area contributed by atoms with Crippen molar-refractivity contribution >= 4 is 0 Å². The maximum Gasteiger partial charge on any atom is 0.228 e. The SMILES string of the molecule is CCCCOC1C(F)OC(C)[C@H](OCCCC)[C@@H]1OCCCC. The molecule has 1 heterocycles. The summed E-state index contributed by atoms with van der Waals surface area (Å²) in [5, 5.41) is 0. The molecule has 0 aromatic heterocycles. The van der Waals surface area contributed by atoms with Crippen LogP contribution in [0, 0.1) is 0 Å². The molecule has 0 spiro atoms. The van der Waals surface area contributed by atoms with E-state index in [4.69, 9.17) is 18.9 Å². The number of alkyl halides is 1. The highest BCUT2D eigenvalue weighted by molar-refractivity contribution is 4.90. The Morgan fingerprint density at radius 1 is 0.739 bits per heavy atom. The molecular weight excluding hydrogens is 299 g/mol. The maximum absolute atomic E-state index is 14.4. The Hall–Kier alpha value is -0.230. The lowest BCUT2D eigenvalue weighted by Crippen LogP contribution is -2.58. The monoisotopic (exact) mass is 334 g/mol. The van der Waals surface area contributed by atoms with E-state index in [1.54, 1.807) is 0 Å². The summed E-state index contributed by atoms with van der Waals surface area (Å²) in [6.45, 7) is 9.92. The molecule has 1 aliphatic rings. The summed E-state index contributed by atoms with van der Waals surface area (Å²) >= 11 is 0. The van der Waals surface area contributed by atoms with E-state index in [1.165, 1.54) is 0 Å². The summed E-state index contributed by atoms with van der Waals surface area (Å²) in [5.74, 6) is 0. The minimum absolute atomic E-state index is 0.281. The predicted octanol–water partition coefficient (Wildman–Crippen LogP) is 4.26. The molecule has 0 N–H and O–H groups in total. The van der Waals surface area contributed by atoms with Crippen molar-refractivity contribution in [2.24, 2.45) is 0 Å². The highest BCUT2D eigenvalue weighted by Gasteiger charge is 2.46. The maximum atomic E-state index is 14.4. The first-order chi connectivity index (χ1) is 11.2. The van der Waals surface area contributed by atoms with Gasteiger partial charge in [-0.15, -0.1) is 0 Å². The molecule has 3 unspecified atom stereocenters. The second-order valence-electron chi connectivity index (χ2n) is 6.26. The van der Waals surface area contributed by atoms with Crippen LogP contribution < -0.4 is 0 Å². The molecule has 5 heteroatoms. The molecule has 1 aliphatic heterocycles. The van der Waals surface area contributed by atoms with Crippen LogP contribution in [0.15, 0.2) is 0 Å².